The molecule has 48 heavy (non-hydrogen) atoms. The van der Waals surface area contributed by atoms with E-state index in [1.165, 1.54) is 38.2 Å². The van der Waals surface area contributed by atoms with E-state index in [2.05, 4.69) is 40.3 Å². The zero-order valence-electron chi connectivity index (χ0n) is 28.8. The molecule has 1 aromatic carbocycles. The molecule has 2 aliphatic carbocycles. The Kier molecular flexibility index (Phi) is 9.72. The van der Waals surface area contributed by atoms with Gasteiger partial charge in [0.05, 0.1) is 23.3 Å². The second-order valence-corrected chi connectivity index (χ2v) is 14.9. The van der Waals surface area contributed by atoms with Crippen LogP contribution < -0.4 is 10.2 Å². The van der Waals surface area contributed by atoms with E-state index in [0.29, 0.717) is 18.0 Å². The molecule has 2 bridgehead atoms. The minimum Gasteiger partial charge on any atom is -0.481 e. The Hall–Kier alpha value is -3.53. The molecule has 7 rings (SSSR count). The van der Waals surface area contributed by atoms with E-state index in [9.17, 15) is 14.3 Å². The molecule has 1 unspecified atom stereocenters. The first kappa shape index (κ1) is 33.0. The van der Waals surface area contributed by atoms with Crippen LogP contribution in [0.4, 0.5) is 16.2 Å². The molecule has 9 nitrogen and oxygen atoms in total. The van der Waals surface area contributed by atoms with E-state index >= 15 is 0 Å². The Morgan fingerprint density at radius 2 is 1.83 bits per heavy atom. The first-order chi connectivity index (χ1) is 23.3. The van der Waals surface area contributed by atoms with E-state index in [0.717, 1.165) is 92.2 Å². The number of aliphatic carboxylic acids is 1. The van der Waals surface area contributed by atoms with Gasteiger partial charge in [0.2, 0.25) is 5.95 Å². The maximum atomic E-state index is 14.3. The van der Waals surface area contributed by atoms with Crippen molar-refractivity contribution >= 4 is 17.7 Å². The maximum absolute atomic E-state index is 14.3. The van der Waals surface area contributed by atoms with Crippen LogP contribution in [0.5, 0.6) is 0 Å². The summed E-state index contributed by atoms with van der Waals surface area (Å²) in [6, 6.07) is 10.7. The van der Waals surface area contributed by atoms with Gasteiger partial charge in [-0.15, -0.1) is 0 Å². The number of piperidine rings is 1. The summed E-state index contributed by atoms with van der Waals surface area (Å²) in [5.41, 5.74) is 4.38. The molecule has 4 aliphatic rings. The number of nitrogens with zero attached hydrogens (tertiary/aromatic N) is 6. The second-order valence-electron chi connectivity index (χ2n) is 14.9. The van der Waals surface area contributed by atoms with Crippen molar-refractivity contribution in [1.82, 2.24) is 24.6 Å². The molecular formula is C38H52FN7O2. The predicted octanol–water partition coefficient (Wildman–Crippen LogP) is 6.90. The number of rotatable bonds is 11. The van der Waals surface area contributed by atoms with E-state index < -0.39 is 5.97 Å². The van der Waals surface area contributed by atoms with Crippen LogP contribution in [0.15, 0.2) is 36.5 Å². The minimum atomic E-state index is -0.666. The van der Waals surface area contributed by atoms with Crippen molar-refractivity contribution in [1.29, 1.82) is 0 Å². The fourth-order valence-electron chi connectivity index (χ4n) is 9.58. The van der Waals surface area contributed by atoms with E-state index in [1.54, 1.807) is 6.07 Å². The Morgan fingerprint density at radius 1 is 1.06 bits per heavy atom. The average Bonchev–Trinajstić information content (AvgIpc) is 3.60. The lowest BCUT2D eigenvalue weighted by Crippen LogP contribution is -2.44. The Bertz CT molecular complexity index is 1570. The number of carboxylic acid groups (broad SMARTS) is 1. The van der Waals surface area contributed by atoms with Crippen molar-refractivity contribution in [2.75, 3.05) is 23.8 Å². The molecule has 3 aromatic rings. The summed E-state index contributed by atoms with van der Waals surface area (Å²) >= 11 is 0. The summed E-state index contributed by atoms with van der Waals surface area (Å²) in [4.78, 5) is 27.3. The van der Waals surface area contributed by atoms with Crippen molar-refractivity contribution in [3.8, 4) is 0 Å². The van der Waals surface area contributed by atoms with Crippen LogP contribution in [0.1, 0.15) is 112 Å². The van der Waals surface area contributed by atoms with Gasteiger partial charge < -0.3 is 15.3 Å². The number of carbonyl (C=O) groups is 1. The molecule has 2 aliphatic heterocycles. The first-order valence-corrected chi connectivity index (χ1v) is 18.4. The molecule has 2 aromatic heterocycles. The fourth-order valence-corrected chi connectivity index (χ4v) is 9.58. The van der Waals surface area contributed by atoms with E-state index in [4.69, 9.17) is 9.97 Å². The van der Waals surface area contributed by atoms with Crippen molar-refractivity contribution in [2.45, 2.75) is 120 Å². The van der Waals surface area contributed by atoms with E-state index in [1.807, 2.05) is 30.1 Å². The highest BCUT2D eigenvalue weighted by Crippen LogP contribution is 2.41. The summed E-state index contributed by atoms with van der Waals surface area (Å²) < 4.78 is 16.3. The number of halogens is 1. The smallest absolute Gasteiger partial charge is 0.306 e. The van der Waals surface area contributed by atoms with Crippen LogP contribution in [-0.4, -0.2) is 67.4 Å². The molecule has 5 atom stereocenters. The minimum absolute atomic E-state index is 0.00123. The van der Waals surface area contributed by atoms with Gasteiger partial charge in [-0.05, 0) is 113 Å². The molecule has 3 fully saturated rings. The lowest BCUT2D eigenvalue weighted by molar-refractivity contribution is -0.143. The molecule has 258 valence electrons. The zero-order valence-corrected chi connectivity index (χ0v) is 28.8. The highest BCUT2D eigenvalue weighted by molar-refractivity contribution is 5.70. The first-order valence-electron chi connectivity index (χ1n) is 18.4. The quantitative estimate of drug-likeness (QED) is 0.230. The van der Waals surface area contributed by atoms with Crippen LogP contribution in [0.2, 0.25) is 0 Å². The number of aryl methyl sites for hydroxylation is 2. The van der Waals surface area contributed by atoms with Gasteiger partial charge in [0.15, 0.2) is 0 Å². The molecule has 2 N–H and O–H groups in total. The number of anilines is 2. The molecule has 0 radical (unpaired) electrons. The maximum Gasteiger partial charge on any atom is 0.306 e. The molecule has 0 amide bonds. The highest BCUT2D eigenvalue weighted by atomic mass is 19.1. The summed E-state index contributed by atoms with van der Waals surface area (Å²) in [5.74, 6) is 1.12. The standard InChI is InChI=1S/C38H52FN7O2/c1-4-34(24-11-13-25(14-12-24)37(47)48)44(2)38-42-32-18-15-27(26-7-5-8-28(39)21-26)22-31(32)36(43-38)41-33(35-19-20-40-45(35)3)23-46-29-9-6-10-30(46)17-16-29/h5,7-8,19-21,24-25,27,29-30,33-34H,4,6,9-18,22-23H2,1-3H3,(H,47,48)(H,41,42,43)/t24?,25?,27-,29-,30?,33+,34-/m1/s1. The van der Waals surface area contributed by atoms with Crippen LogP contribution in [-0.2, 0) is 24.7 Å². The number of benzene rings is 1. The van der Waals surface area contributed by atoms with Gasteiger partial charge in [0.1, 0.15) is 11.6 Å². The summed E-state index contributed by atoms with van der Waals surface area (Å²) in [7, 11) is 4.14. The average molecular weight is 658 g/mol. The number of nitrogens with one attached hydrogen (secondary N) is 1. The topological polar surface area (TPSA) is 99.4 Å². The summed E-state index contributed by atoms with van der Waals surface area (Å²) in [5, 5.41) is 18.1. The van der Waals surface area contributed by atoms with Gasteiger partial charge in [-0.3, -0.25) is 14.4 Å². The van der Waals surface area contributed by atoms with Gasteiger partial charge in [-0.25, -0.2) is 9.37 Å². The van der Waals surface area contributed by atoms with Gasteiger partial charge in [-0.2, -0.15) is 10.1 Å². The van der Waals surface area contributed by atoms with Crippen molar-refractivity contribution in [3.05, 3.63) is 64.9 Å². The second kappa shape index (κ2) is 14.1. The molecular weight excluding hydrogens is 605 g/mol. The SMILES string of the molecule is CC[C@H](C1CCC(C(=O)O)CC1)N(C)c1nc2c(c(N[C@@H](CN3C4CCC[C@@H]3CC4)c3ccnn3C)n1)C[C@H](c1cccc(F)c1)CC2. The van der Waals surface area contributed by atoms with Crippen molar-refractivity contribution in [3.63, 3.8) is 0 Å². The number of fused-ring (bicyclic) bond motifs is 3. The number of aromatic nitrogens is 4. The fraction of sp³-hybridized carbons (Fsp3) is 0.632. The van der Waals surface area contributed by atoms with Crippen LogP contribution >= 0.6 is 0 Å². The number of hydrogen-bond donors (Lipinski definition) is 2. The predicted molar refractivity (Wildman–Crippen MR) is 186 cm³/mol. The molecule has 0 spiro atoms. The lowest BCUT2D eigenvalue weighted by Gasteiger charge is -2.39. The summed E-state index contributed by atoms with van der Waals surface area (Å²) in [6.45, 7) is 3.12. The third kappa shape index (κ3) is 6.69. The Balaban J connectivity index is 1.23. The Morgan fingerprint density at radius 3 is 2.50 bits per heavy atom. The van der Waals surface area contributed by atoms with Crippen LogP contribution in [0, 0.1) is 17.7 Å². The molecule has 2 saturated heterocycles. The van der Waals surface area contributed by atoms with Crippen LogP contribution in [0.3, 0.4) is 0 Å². The summed E-state index contributed by atoms with van der Waals surface area (Å²) in [6.07, 6.45) is 15.0. The Labute approximate surface area is 284 Å². The third-order valence-corrected chi connectivity index (χ3v) is 12.2. The molecule has 1 saturated carbocycles. The lowest BCUT2D eigenvalue weighted by atomic mass is 9.77. The number of carboxylic acids is 1. The number of hydrogen-bond acceptors (Lipinski definition) is 7. The van der Waals surface area contributed by atoms with Gasteiger partial charge in [0.25, 0.3) is 0 Å². The zero-order chi connectivity index (χ0) is 33.4. The third-order valence-electron chi connectivity index (χ3n) is 12.2. The normalized spacial score (nSPS) is 26.9. The van der Waals surface area contributed by atoms with E-state index in [-0.39, 0.29) is 29.7 Å². The van der Waals surface area contributed by atoms with Crippen LogP contribution in [0.25, 0.3) is 0 Å². The molecule has 10 heteroatoms. The van der Waals surface area contributed by atoms with Gasteiger partial charge >= 0.3 is 5.97 Å². The highest BCUT2D eigenvalue weighted by Gasteiger charge is 2.39. The van der Waals surface area contributed by atoms with Gasteiger partial charge in [-0.1, -0.05) is 25.5 Å². The monoisotopic (exact) mass is 657 g/mol. The molecule has 4 heterocycles. The van der Waals surface area contributed by atoms with Gasteiger partial charge in [0, 0.05) is 50.5 Å². The van der Waals surface area contributed by atoms with Crippen molar-refractivity contribution in [2.24, 2.45) is 18.9 Å². The largest absolute Gasteiger partial charge is 0.481 e. The van der Waals surface area contributed by atoms with Crippen molar-refractivity contribution < 1.29 is 14.3 Å².